The van der Waals surface area contributed by atoms with Crippen LogP contribution in [0, 0.1) is 0 Å². The van der Waals surface area contributed by atoms with Gasteiger partial charge in [0.25, 0.3) is 5.91 Å². The number of nitrogens with one attached hydrogen (secondary N) is 1. The predicted molar refractivity (Wildman–Crippen MR) is 149 cm³/mol. The highest BCUT2D eigenvalue weighted by molar-refractivity contribution is 6.31. The smallest absolute Gasteiger partial charge is 0.291 e. The van der Waals surface area contributed by atoms with Gasteiger partial charge in [-0.05, 0) is 47.0 Å². The molecular formula is C31H28ClN3O3. The second-order valence-corrected chi connectivity index (χ2v) is 9.95. The van der Waals surface area contributed by atoms with Crippen LogP contribution in [0.4, 0.5) is 5.69 Å². The van der Waals surface area contributed by atoms with Crippen molar-refractivity contribution in [3.05, 3.63) is 137 Å². The monoisotopic (exact) mass is 525 g/mol. The third kappa shape index (κ3) is 5.82. The first-order valence-corrected chi connectivity index (χ1v) is 12.7. The second kappa shape index (κ2) is 11.0. The van der Waals surface area contributed by atoms with E-state index in [0.717, 1.165) is 11.3 Å². The number of nitrogens with zero attached hydrogens (tertiary/aromatic N) is 2. The van der Waals surface area contributed by atoms with Crippen molar-refractivity contribution < 1.29 is 13.9 Å². The minimum Gasteiger partial charge on any atom is -0.486 e. The fourth-order valence-electron chi connectivity index (χ4n) is 4.23. The third-order valence-electron chi connectivity index (χ3n) is 6.52. The second-order valence-electron chi connectivity index (χ2n) is 9.54. The summed E-state index contributed by atoms with van der Waals surface area (Å²) in [5, 5.41) is 7.78. The molecule has 1 N–H and O–H groups in total. The Balaban J connectivity index is 1.15. The molecule has 0 aliphatic rings. The Morgan fingerprint density at radius 3 is 2.42 bits per heavy atom. The molecule has 2 aromatic heterocycles. The maximum atomic E-state index is 12.7. The van der Waals surface area contributed by atoms with Crippen molar-refractivity contribution >= 4 is 23.2 Å². The largest absolute Gasteiger partial charge is 0.486 e. The maximum Gasteiger partial charge on any atom is 0.291 e. The summed E-state index contributed by atoms with van der Waals surface area (Å²) in [5.74, 6) is 1.12. The van der Waals surface area contributed by atoms with E-state index in [1.807, 2.05) is 42.5 Å². The number of halogens is 1. The summed E-state index contributed by atoms with van der Waals surface area (Å²) in [6.45, 7) is 5.13. The number of benzene rings is 3. The first-order valence-electron chi connectivity index (χ1n) is 12.3. The fraction of sp³-hybridized carbons (Fsp3) is 0.161. The summed E-state index contributed by atoms with van der Waals surface area (Å²) >= 11 is 6.23. The number of carbonyl (C=O) groups is 1. The van der Waals surface area contributed by atoms with Crippen molar-refractivity contribution in [2.45, 2.75) is 32.4 Å². The Kier molecular flexibility index (Phi) is 7.33. The molecule has 5 rings (SSSR count). The van der Waals surface area contributed by atoms with Crippen molar-refractivity contribution in [3.8, 4) is 5.75 Å². The third-order valence-corrected chi connectivity index (χ3v) is 6.89. The fourth-order valence-corrected chi connectivity index (χ4v) is 4.43. The summed E-state index contributed by atoms with van der Waals surface area (Å²) in [7, 11) is 0. The lowest BCUT2D eigenvalue weighted by atomic mass is 9.78. The van der Waals surface area contributed by atoms with Crippen LogP contribution in [0.1, 0.15) is 46.9 Å². The highest BCUT2D eigenvalue weighted by Gasteiger charge is 2.22. The maximum absolute atomic E-state index is 12.7. The molecule has 6 nitrogen and oxygen atoms in total. The van der Waals surface area contributed by atoms with E-state index in [4.69, 9.17) is 20.8 Å². The van der Waals surface area contributed by atoms with Crippen LogP contribution < -0.4 is 10.1 Å². The SMILES string of the molecule is CC(C)(c1ccccc1)c1ccc(OCc2ccc(C(=O)Nc3cnn(Cc4ccccc4Cl)c3)o2)cc1. The van der Waals surface area contributed by atoms with Gasteiger partial charge in [-0.15, -0.1) is 0 Å². The average Bonchev–Trinajstić information content (AvgIpc) is 3.59. The Morgan fingerprint density at radius 1 is 0.947 bits per heavy atom. The van der Waals surface area contributed by atoms with Crippen LogP contribution >= 0.6 is 11.6 Å². The zero-order valence-corrected chi connectivity index (χ0v) is 22.0. The number of hydrogen-bond donors (Lipinski definition) is 1. The zero-order valence-electron chi connectivity index (χ0n) is 21.2. The first-order chi connectivity index (χ1) is 18.4. The van der Waals surface area contributed by atoms with E-state index in [2.05, 4.69) is 60.7 Å². The van der Waals surface area contributed by atoms with E-state index in [-0.39, 0.29) is 23.7 Å². The van der Waals surface area contributed by atoms with Gasteiger partial charge in [-0.3, -0.25) is 9.48 Å². The predicted octanol–water partition coefficient (Wildman–Crippen LogP) is 7.34. The number of furan rings is 1. The molecule has 0 aliphatic carbocycles. The van der Waals surface area contributed by atoms with E-state index in [1.165, 1.54) is 11.1 Å². The molecule has 192 valence electrons. The van der Waals surface area contributed by atoms with Gasteiger partial charge in [0.05, 0.1) is 18.4 Å². The Hall–Kier alpha value is -4.29. The highest BCUT2D eigenvalue weighted by atomic mass is 35.5. The quantitative estimate of drug-likeness (QED) is 0.218. The lowest BCUT2D eigenvalue weighted by molar-refractivity contribution is 0.0992. The first kappa shape index (κ1) is 25.4. The van der Waals surface area contributed by atoms with Gasteiger partial charge >= 0.3 is 0 Å². The van der Waals surface area contributed by atoms with E-state index in [0.29, 0.717) is 23.0 Å². The summed E-state index contributed by atoms with van der Waals surface area (Å²) < 4.78 is 13.3. The number of hydrogen-bond acceptors (Lipinski definition) is 4. The van der Waals surface area contributed by atoms with E-state index in [1.54, 1.807) is 29.2 Å². The number of aromatic nitrogens is 2. The Bertz CT molecular complexity index is 1520. The van der Waals surface area contributed by atoms with Gasteiger partial charge in [0, 0.05) is 16.6 Å². The van der Waals surface area contributed by atoms with Crippen molar-refractivity contribution in [3.63, 3.8) is 0 Å². The van der Waals surface area contributed by atoms with Crippen LogP contribution in [0.15, 0.2) is 108 Å². The van der Waals surface area contributed by atoms with E-state index >= 15 is 0 Å². The lowest BCUT2D eigenvalue weighted by Gasteiger charge is -2.26. The molecular weight excluding hydrogens is 498 g/mol. The topological polar surface area (TPSA) is 69.3 Å². The Labute approximate surface area is 226 Å². The molecule has 5 aromatic rings. The molecule has 0 saturated heterocycles. The normalized spacial score (nSPS) is 11.3. The molecule has 0 bridgehead atoms. The molecule has 0 atom stereocenters. The number of ether oxygens (including phenoxy) is 1. The van der Waals surface area contributed by atoms with Crippen molar-refractivity contribution in [2.75, 3.05) is 5.32 Å². The number of carbonyl (C=O) groups excluding carboxylic acids is 1. The molecule has 1 amide bonds. The molecule has 0 unspecified atom stereocenters. The van der Waals surface area contributed by atoms with E-state index in [9.17, 15) is 4.79 Å². The molecule has 7 heteroatoms. The van der Waals surface area contributed by atoms with Crippen LogP contribution in [0.3, 0.4) is 0 Å². The van der Waals surface area contributed by atoms with Gasteiger partial charge in [0.15, 0.2) is 5.76 Å². The molecule has 0 saturated carbocycles. The Morgan fingerprint density at radius 2 is 1.66 bits per heavy atom. The number of rotatable bonds is 9. The van der Waals surface area contributed by atoms with Crippen LogP contribution in [0.25, 0.3) is 0 Å². The summed E-state index contributed by atoms with van der Waals surface area (Å²) in [6, 6.07) is 29.4. The molecule has 38 heavy (non-hydrogen) atoms. The summed E-state index contributed by atoms with van der Waals surface area (Å²) in [5.41, 5.74) is 3.84. The molecule has 0 radical (unpaired) electrons. The van der Waals surface area contributed by atoms with Gasteiger partial charge < -0.3 is 14.5 Å². The minimum absolute atomic E-state index is 0.117. The van der Waals surface area contributed by atoms with Gasteiger partial charge in [-0.2, -0.15) is 5.10 Å². The zero-order chi connectivity index (χ0) is 26.5. The van der Waals surface area contributed by atoms with Gasteiger partial charge in [-0.25, -0.2) is 0 Å². The standard InChI is InChI=1S/C31H28ClN3O3/c1-31(2,23-9-4-3-5-10-23)24-12-14-26(15-13-24)37-21-27-16-17-29(38-27)30(36)34-25-18-33-35(20-25)19-22-8-6-7-11-28(22)32/h3-18,20H,19,21H2,1-2H3,(H,34,36). The van der Waals surface area contributed by atoms with Gasteiger partial charge in [0.2, 0.25) is 0 Å². The van der Waals surface area contributed by atoms with Gasteiger partial charge in [-0.1, -0.05) is 86.1 Å². The van der Waals surface area contributed by atoms with Crippen LogP contribution in [0.2, 0.25) is 5.02 Å². The van der Waals surface area contributed by atoms with Crippen molar-refractivity contribution in [1.82, 2.24) is 9.78 Å². The average molecular weight is 526 g/mol. The van der Waals surface area contributed by atoms with Crippen LogP contribution in [0.5, 0.6) is 5.75 Å². The minimum atomic E-state index is -0.360. The molecule has 3 aromatic carbocycles. The molecule has 0 aliphatic heterocycles. The highest BCUT2D eigenvalue weighted by Crippen LogP contribution is 2.32. The molecule has 0 spiro atoms. The molecule has 2 heterocycles. The number of amides is 1. The van der Waals surface area contributed by atoms with Crippen LogP contribution in [-0.2, 0) is 18.6 Å². The lowest BCUT2D eigenvalue weighted by Crippen LogP contribution is -2.18. The van der Waals surface area contributed by atoms with Crippen molar-refractivity contribution in [2.24, 2.45) is 0 Å². The van der Waals surface area contributed by atoms with Crippen molar-refractivity contribution in [1.29, 1.82) is 0 Å². The van der Waals surface area contributed by atoms with Crippen LogP contribution in [-0.4, -0.2) is 15.7 Å². The number of anilines is 1. The van der Waals surface area contributed by atoms with Gasteiger partial charge in [0.1, 0.15) is 18.1 Å². The summed E-state index contributed by atoms with van der Waals surface area (Å²) in [4.78, 5) is 12.7. The summed E-state index contributed by atoms with van der Waals surface area (Å²) in [6.07, 6.45) is 3.33. The molecule has 0 fully saturated rings. The van der Waals surface area contributed by atoms with E-state index < -0.39 is 0 Å².